The molecule has 0 spiro atoms. The van der Waals surface area contributed by atoms with Crippen molar-refractivity contribution in [3.05, 3.63) is 46.8 Å². The van der Waals surface area contributed by atoms with Crippen LogP contribution in [0.1, 0.15) is 50.6 Å². The van der Waals surface area contributed by atoms with Gasteiger partial charge in [-0.25, -0.2) is 15.0 Å². The molecule has 0 saturated carbocycles. The van der Waals surface area contributed by atoms with Gasteiger partial charge in [-0.2, -0.15) is 5.26 Å². The number of carbonyl (C=O) groups excluding carboxylic acids is 1. The molecule has 1 aromatic heterocycles. The Hall–Kier alpha value is -4.13. The Morgan fingerprint density at radius 2 is 2.09 bits per heavy atom. The van der Waals surface area contributed by atoms with Crippen LogP contribution in [0.2, 0.25) is 0 Å². The van der Waals surface area contributed by atoms with Gasteiger partial charge in [0.15, 0.2) is 23.4 Å². The first-order chi connectivity index (χ1) is 16.1. The van der Waals surface area contributed by atoms with Crippen LogP contribution in [0.25, 0.3) is 5.70 Å². The van der Waals surface area contributed by atoms with E-state index >= 15 is 0 Å². The average Bonchev–Trinajstić information content (AvgIpc) is 3.20. The van der Waals surface area contributed by atoms with Crippen molar-refractivity contribution in [1.82, 2.24) is 9.97 Å². The minimum absolute atomic E-state index is 0.135. The Morgan fingerprint density at radius 1 is 1.32 bits per heavy atom. The van der Waals surface area contributed by atoms with Crippen LogP contribution >= 0.6 is 0 Å². The van der Waals surface area contributed by atoms with Crippen molar-refractivity contribution in [3.8, 4) is 11.9 Å². The number of hydrogen-bond acceptors (Lipinski definition) is 8. The quantitative estimate of drug-likeness (QED) is 0.604. The van der Waals surface area contributed by atoms with Gasteiger partial charge in [0.1, 0.15) is 23.3 Å². The van der Waals surface area contributed by atoms with Crippen LogP contribution in [-0.4, -0.2) is 44.5 Å². The van der Waals surface area contributed by atoms with E-state index in [9.17, 15) is 10.1 Å². The molecular weight excluding hydrogens is 432 g/mol. The molecule has 2 atom stereocenters. The topological polar surface area (TPSA) is 133 Å². The summed E-state index contributed by atoms with van der Waals surface area (Å²) in [4.78, 5) is 28.8. The maximum atomic E-state index is 13.5. The highest BCUT2D eigenvalue weighted by Gasteiger charge is 2.47. The minimum atomic E-state index is -0.948. The molecule has 2 aromatic rings. The Bertz CT molecular complexity index is 1380. The SMILES string of the molecule is Cc1ccc2c(c1)[C@@H](C)Oc1nc(cnc1N)C1=C(C#N)C(C)N=[N+]1CC1=NC(C)(C)C(=O)N12. The van der Waals surface area contributed by atoms with Crippen LogP contribution in [0.4, 0.5) is 11.5 Å². The summed E-state index contributed by atoms with van der Waals surface area (Å²) >= 11 is 0. The molecule has 172 valence electrons. The number of nitriles is 1. The molecule has 2 N–H and O–H groups in total. The zero-order valence-electron chi connectivity index (χ0n) is 19.7. The normalized spacial score (nSPS) is 22.9. The highest BCUT2D eigenvalue weighted by Crippen LogP contribution is 2.38. The fraction of sp³-hybridized carbons (Fsp3) is 0.375. The number of nitrogens with zero attached hydrogens (tertiary/aromatic N) is 7. The van der Waals surface area contributed by atoms with Crippen LogP contribution in [0.15, 0.2) is 40.1 Å². The molecule has 0 radical (unpaired) electrons. The van der Waals surface area contributed by atoms with Crippen LogP contribution in [0.3, 0.4) is 0 Å². The van der Waals surface area contributed by atoms with E-state index in [2.05, 4.69) is 21.2 Å². The van der Waals surface area contributed by atoms with E-state index < -0.39 is 11.6 Å². The third-order valence-corrected chi connectivity index (χ3v) is 6.21. The maximum Gasteiger partial charge on any atom is 0.275 e. The number of amides is 1. The van der Waals surface area contributed by atoms with Crippen LogP contribution in [0.5, 0.6) is 5.88 Å². The zero-order chi connectivity index (χ0) is 24.4. The average molecular weight is 458 g/mol. The van der Waals surface area contributed by atoms with E-state index in [4.69, 9.17) is 15.5 Å². The molecule has 1 aromatic carbocycles. The molecule has 0 saturated heterocycles. The first-order valence-electron chi connectivity index (χ1n) is 11.1. The summed E-state index contributed by atoms with van der Waals surface area (Å²) < 4.78 is 7.86. The highest BCUT2D eigenvalue weighted by atomic mass is 16.5. The molecule has 5 rings (SSSR count). The number of aryl methyl sites for hydroxylation is 1. The number of amidine groups is 1. The Balaban J connectivity index is 1.79. The number of benzene rings is 1. The molecular formula is C24H25N8O2+. The van der Waals surface area contributed by atoms with Gasteiger partial charge in [0.25, 0.3) is 17.5 Å². The number of carbonyl (C=O) groups is 1. The van der Waals surface area contributed by atoms with Crippen LogP contribution < -0.4 is 15.4 Å². The van der Waals surface area contributed by atoms with Gasteiger partial charge in [-0.05, 0) is 45.8 Å². The van der Waals surface area contributed by atoms with Gasteiger partial charge in [-0.1, -0.05) is 22.4 Å². The van der Waals surface area contributed by atoms with Crippen molar-refractivity contribution in [2.75, 3.05) is 17.2 Å². The number of aromatic nitrogens is 2. The molecule has 10 nitrogen and oxygen atoms in total. The van der Waals surface area contributed by atoms with Gasteiger partial charge in [0, 0.05) is 5.56 Å². The van der Waals surface area contributed by atoms with Crippen molar-refractivity contribution in [2.45, 2.75) is 52.3 Å². The second-order valence-corrected chi connectivity index (χ2v) is 9.22. The number of fused-ring (bicyclic) bond motifs is 7. The monoisotopic (exact) mass is 457 g/mol. The molecule has 0 aliphatic carbocycles. The summed E-state index contributed by atoms with van der Waals surface area (Å²) in [5, 5.41) is 14.5. The number of hydrogen-bond donors (Lipinski definition) is 1. The molecule has 10 heteroatoms. The lowest BCUT2D eigenvalue weighted by molar-refractivity contribution is -0.486. The first kappa shape index (κ1) is 21.7. The van der Waals surface area contributed by atoms with Crippen molar-refractivity contribution < 1.29 is 14.2 Å². The lowest BCUT2D eigenvalue weighted by Crippen LogP contribution is -2.42. The molecule has 1 unspecified atom stereocenters. The highest BCUT2D eigenvalue weighted by molar-refractivity contribution is 6.25. The standard InChI is InChI=1S/C24H25N8O2/c1-12-6-7-18-15(8-12)14(3)34-22-21(26)27-10-17(28-22)20-16(9-25)13(2)30-31(20)11-19-29-24(4,5)23(33)32(18)19/h6-8,10,13-14H,11H2,1-5H3,(H2,26,27)/q+1/t13?,14-/m1/s1. The smallest absolute Gasteiger partial charge is 0.275 e. The number of rotatable bonds is 0. The summed E-state index contributed by atoms with van der Waals surface area (Å²) in [6, 6.07) is 7.69. The third-order valence-electron chi connectivity index (χ3n) is 6.21. The number of nitrogens with two attached hydrogens (primary N) is 1. The first-order valence-corrected chi connectivity index (χ1v) is 11.1. The fourth-order valence-corrected chi connectivity index (χ4v) is 4.51. The lowest BCUT2D eigenvalue weighted by atomic mass is 10.0. The second-order valence-electron chi connectivity index (χ2n) is 9.22. The largest absolute Gasteiger partial charge is 0.467 e. The molecule has 34 heavy (non-hydrogen) atoms. The second kappa shape index (κ2) is 7.45. The summed E-state index contributed by atoms with van der Waals surface area (Å²) in [7, 11) is 0. The predicted molar refractivity (Wildman–Crippen MR) is 125 cm³/mol. The fourth-order valence-electron chi connectivity index (χ4n) is 4.51. The van der Waals surface area contributed by atoms with E-state index in [1.165, 1.54) is 6.20 Å². The minimum Gasteiger partial charge on any atom is -0.467 e. The summed E-state index contributed by atoms with van der Waals surface area (Å²) in [5.41, 5.74) is 9.01. The van der Waals surface area contributed by atoms with Gasteiger partial charge in [0.05, 0.1) is 11.9 Å². The van der Waals surface area contributed by atoms with Crippen molar-refractivity contribution in [1.29, 1.82) is 5.26 Å². The maximum absolute atomic E-state index is 13.5. The molecule has 0 fully saturated rings. The third kappa shape index (κ3) is 3.23. The van der Waals surface area contributed by atoms with Gasteiger partial charge in [-0.3, -0.25) is 9.69 Å². The molecule has 3 aliphatic heterocycles. The molecule has 1 amide bonds. The van der Waals surface area contributed by atoms with E-state index in [1.54, 1.807) is 23.4 Å². The van der Waals surface area contributed by atoms with Crippen LogP contribution in [0, 0.1) is 18.3 Å². The van der Waals surface area contributed by atoms with Crippen molar-refractivity contribution >= 4 is 28.9 Å². The predicted octanol–water partition coefficient (Wildman–Crippen LogP) is 3.15. The number of nitrogen functional groups attached to an aromatic ring is 1. The van der Waals surface area contributed by atoms with E-state index in [0.717, 1.165) is 11.1 Å². The van der Waals surface area contributed by atoms with Gasteiger partial charge in [-0.15, -0.1) is 0 Å². The Morgan fingerprint density at radius 3 is 2.82 bits per heavy atom. The van der Waals surface area contributed by atoms with Crippen molar-refractivity contribution in [3.63, 3.8) is 0 Å². The van der Waals surface area contributed by atoms with E-state index in [-0.39, 0.29) is 30.2 Å². The Kier molecular flexibility index (Phi) is 4.75. The number of anilines is 2. The summed E-state index contributed by atoms with van der Waals surface area (Å²) in [6.07, 6.45) is 1.01. The molecule has 3 aliphatic rings. The van der Waals surface area contributed by atoms with Crippen LogP contribution in [-0.2, 0) is 4.79 Å². The Labute approximate surface area is 197 Å². The summed E-state index contributed by atoms with van der Waals surface area (Å²) in [6.45, 7) is 9.45. The summed E-state index contributed by atoms with van der Waals surface area (Å²) in [5.74, 6) is 0.678. The number of azo groups is 2. The lowest BCUT2D eigenvalue weighted by Gasteiger charge is -2.26. The number of ether oxygens (including phenoxy) is 1. The molecule has 4 heterocycles. The van der Waals surface area contributed by atoms with Gasteiger partial charge >= 0.3 is 0 Å². The van der Waals surface area contributed by atoms with Gasteiger partial charge < -0.3 is 10.5 Å². The zero-order valence-corrected chi connectivity index (χ0v) is 19.7. The van der Waals surface area contributed by atoms with Gasteiger partial charge in [0.2, 0.25) is 6.54 Å². The molecule has 2 bridgehead atoms. The van der Waals surface area contributed by atoms with E-state index in [1.807, 2.05) is 39.0 Å². The van der Waals surface area contributed by atoms with Crippen molar-refractivity contribution in [2.24, 2.45) is 10.1 Å². The van der Waals surface area contributed by atoms with E-state index in [0.29, 0.717) is 28.5 Å². The number of aliphatic imine (C=N–C) groups is 1.